The summed E-state index contributed by atoms with van der Waals surface area (Å²) < 4.78 is 5.20. The van der Waals surface area contributed by atoms with Crippen molar-refractivity contribution in [3.63, 3.8) is 0 Å². The Labute approximate surface area is 107 Å². The van der Waals surface area contributed by atoms with Crippen molar-refractivity contribution < 1.29 is 4.74 Å². The summed E-state index contributed by atoms with van der Waals surface area (Å²) in [6, 6.07) is 9.81. The van der Waals surface area contributed by atoms with Crippen molar-refractivity contribution in [2.45, 2.75) is 13.0 Å². The first-order chi connectivity index (χ1) is 8.72. The van der Waals surface area contributed by atoms with Gasteiger partial charge in [0.05, 0.1) is 18.5 Å². The number of hydrogen-bond donors (Lipinski definition) is 2. The zero-order chi connectivity index (χ0) is 13.0. The highest BCUT2D eigenvalue weighted by Gasteiger charge is 2.09. The van der Waals surface area contributed by atoms with Crippen LogP contribution in [-0.4, -0.2) is 12.1 Å². The number of anilines is 2. The Morgan fingerprint density at radius 3 is 2.61 bits per heavy atom. The van der Waals surface area contributed by atoms with E-state index in [9.17, 15) is 0 Å². The number of methoxy groups -OCH3 is 1. The highest BCUT2D eigenvalue weighted by atomic mass is 16.5. The second kappa shape index (κ2) is 5.40. The first kappa shape index (κ1) is 12.2. The number of benzene rings is 1. The number of rotatable bonds is 4. The Hall–Kier alpha value is -2.23. The van der Waals surface area contributed by atoms with Crippen LogP contribution in [0.1, 0.15) is 18.5 Å². The van der Waals surface area contributed by atoms with Crippen molar-refractivity contribution in [2.24, 2.45) is 0 Å². The number of aromatic nitrogens is 1. The van der Waals surface area contributed by atoms with E-state index < -0.39 is 0 Å². The molecule has 1 unspecified atom stereocenters. The molecule has 0 spiro atoms. The normalized spacial score (nSPS) is 11.9. The minimum Gasteiger partial charge on any atom is -0.495 e. The molecule has 0 radical (unpaired) electrons. The lowest BCUT2D eigenvalue weighted by molar-refractivity contribution is 0.417. The summed E-state index contributed by atoms with van der Waals surface area (Å²) in [4.78, 5) is 4.01. The van der Waals surface area contributed by atoms with E-state index in [1.807, 2.05) is 30.3 Å². The molecule has 0 fully saturated rings. The molecule has 0 saturated carbocycles. The number of para-hydroxylation sites is 1. The standard InChI is InChI=1S/C14H17N3O/c1-10(11-6-8-16-9-7-11)17-12-4-3-5-13(18-2)14(12)15/h3-10,17H,15H2,1-2H3. The maximum absolute atomic E-state index is 6.02. The van der Waals surface area contributed by atoms with Crippen molar-refractivity contribution in [2.75, 3.05) is 18.2 Å². The fraction of sp³-hybridized carbons (Fsp3) is 0.214. The van der Waals surface area contributed by atoms with Gasteiger partial charge in [0.2, 0.25) is 0 Å². The average molecular weight is 243 g/mol. The predicted octanol–water partition coefficient (Wildman–Crippen LogP) is 2.85. The predicted molar refractivity (Wildman–Crippen MR) is 73.7 cm³/mol. The van der Waals surface area contributed by atoms with Gasteiger partial charge in [0.1, 0.15) is 5.75 Å². The van der Waals surface area contributed by atoms with E-state index >= 15 is 0 Å². The minimum absolute atomic E-state index is 0.155. The molecule has 0 aliphatic rings. The highest BCUT2D eigenvalue weighted by molar-refractivity contribution is 5.73. The number of nitrogens with two attached hydrogens (primary N) is 1. The third-order valence-corrected chi connectivity index (χ3v) is 2.86. The molecule has 1 atom stereocenters. The second-order valence-corrected chi connectivity index (χ2v) is 4.07. The molecule has 18 heavy (non-hydrogen) atoms. The quantitative estimate of drug-likeness (QED) is 0.811. The molecule has 1 aromatic carbocycles. The van der Waals surface area contributed by atoms with Gasteiger partial charge in [-0.3, -0.25) is 4.98 Å². The van der Waals surface area contributed by atoms with Crippen LogP contribution >= 0.6 is 0 Å². The number of ether oxygens (including phenoxy) is 1. The maximum Gasteiger partial charge on any atom is 0.143 e. The third-order valence-electron chi connectivity index (χ3n) is 2.86. The largest absolute Gasteiger partial charge is 0.495 e. The summed E-state index contributed by atoms with van der Waals surface area (Å²) in [6.45, 7) is 2.08. The number of hydrogen-bond acceptors (Lipinski definition) is 4. The van der Waals surface area contributed by atoms with Gasteiger partial charge in [-0.25, -0.2) is 0 Å². The number of nitrogen functional groups attached to an aromatic ring is 1. The minimum atomic E-state index is 0.155. The number of pyridine rings is 1. The molecular formula is C14H17N3O. The molecule has 3 N–H and O–H groups in total. The molecular weight excluding hydrogens is 226 g/mol. The van der Waals surface area contributed by atoms with Crippen LogP contribution in [0.2, 0.25) is 0 Å². The van der Waals surface area contributed by atoms with E-state index in [2.05, 4.69) is 17.2 Å². The summed E-state index contributed by atoms with van der Waals surface area (Å²) in [6.07, 6.45) is 3.56. The summed E-state index contributed by atoms with van der Waals surface area (Å²) in [5.41, 5.74) is 8.68. The van der Waals surface area contributed by atoms with Crippen LogP contribution in [0.25, 0.3) is 0 Å². The molecule has 0 bridgehead atoms. The molecule has 4 heteroatoms. The molecule has 0 saturated heterocycles. The van der Waals surface area contributed by atoms with Gasteiger partial charge in [0, 0.05) is 18.4 Å². The van der Waals surface area contributed by atoms with Gasteiger partial charge in [0.25, 0.3) is 0 Å². The first-order valence-electron chi connectivity index (χ1n) is 5.81. The summed E-state index contributed by atoms with van der Waals surface area (Å²) in [7, 11) is 1.61. The van der Waals surface area contributed by atoms with Gasteiger partial charge in [-0.1, -0.05) is 6.07 Å². The first-order valence-corrected chi connectivity index (χ1v) is 5.81. The molecule has 4 nitrogen and oxygen atoms in total. The van der Waals surface area contributed by atoms with Crippen molar-refractivity contribution in [3.05, 3.63) is 48.3 Å². The SMILES string of the molecule is COc1cccc(NC(C)c2ccncc2)c1N. The molecule has 1 aromatic heterocycles. The molecule has 2 rings (SSSR count). The van der Waals surface area contributed by atoms with Gasteiger partial charge in [-0.2, -0.15) is 0 Å². The van der Waals surface area contributed by atoms with E-state index in [-0.39, 0.29) is 6.04 Å². The molecule has 94 valence electrons. The lowest BCUT2D eigenvalue weighted by atomic mass is 10.1. The van der Waals surface area contributed by atoms with Crippen molar-refractivity contribution in [1.29, 1.82) is 0 Å². The molecule has 1 heterocycles. The van der Waals surface area contributed by atoms with Crippen LogP contribution in [0, 0.1) is 0 Å². The zero-order valence-electron chi connectivity index (χ0n) is 10.6. The van der Waals surface area contributed by atoms with Crippen LogP contribution in [0.3, 0.4) is 0 Å². The van der Waals surface area contributed by atoms with Crippen LogP contribution in [0.15, 0.2) is 42.7 Å². The number of nitrogens with zero attached hydrogens (tertiary/aromatic N) is 1. The van der Waals surface area contributed by atoms with E-state index in [0.717, 1.165) is 11.3 Å². The molecule has 0 amide bonds. The van der Waals surface area contributed by atoms with Crippen LogP contribution in [0.4, 0.5) is 11.4 Å². The molecule has 2 aromatic rings. The van der Waals surface area contributed by atoms with E-state index in [1.54, 1.807) is 19.5 Å². The summed E-state index contributed by atoms with van der Waals surface area (Å²) >= 11 is 0. The highest BCUT2D eigenvalue weighted by Crippen LogP contribution is 2.31. The summed E-state index contributed by atoms with van der Waals surface area (Å²) in [5, 5.41) is 3.37. The molecule has 0 aliphatic carbocycles. The van der Waals surface area contributed by atoms with Crippen molar-refractivity contribution in [3.8, 4) is 5.75 Å². The summed E-state index contributed by atoms with van der Waals surface area (Å²) in [5.74, 6) is 0.682. The monoisotopic (exact) mass is 243 g/mol. The maximum atomic E-state index is 6.02. The number of nitrogens with one attached hydrogen (secondary N) is 1. The van der Waals surface area contributed by atoms with Crippen molar-refractivity contribution in [1.82, 2.24) is 4.98 Å². The van der Waals surface area contributed by atoms with Gasteiger partial charge in [0.15, 0.2) is 0 Å². The fourth-order valence-corrected chi connectivity index (χ4v) is 1.82. The lowest BCUT2D eigenvalue weighted by Gasteiger charge is -2.18. The Bertz CT molecular complexity index is 514. The van der Waals surface area contributed by atoms with E-state index in [4.69, 9.17) is 10.5 Å². The third kappa shape index (κ3) is 2.53. The van der Waals surface area contributed by atoms with E-state index in [1.165, 1.54) is 0 Å². The van der Waals surface area contributed by atoms with Crippen LogP contribution in [0.5, 0.6) is 5.75 Å². The topological polar surface area (TPSA) is 60.2 Å². The van der Waals surface area contributed by atoms with Crippen molar-refractivity contribution >= 4 is 11.4 Å². The van der Waals surface area contributed by atoms with Gasteiger partial charge < -0.3 is 15.8 Å². The molecule has 0 aliphatic heterocycles. The Kier molecular flexibility index (Phi) is 3.67. The van der Waals surface area contributed by atoms with Gasteiger partial charge in [-0.05, 0) is 36.8 Å². The fourth-order valence-electron chi connectivity index (χ4n) is 1.82. The second-order valence-electron chi connectivity index (χ2n) is 4.07. The Morgan fingerprint density at radius 2 is 1.94 bits per heavy atom. The van der Waals surface area contributed by atoms with Crippen LogP contribution < -0.4 is 15.8 Å². The van der Waals surface area contributed by atoms with Gasteiger partial charge in [-0.15, -0.1) is 0 Å². The lowest BCUT2D eigenvalue weighted by Crippen LogP contribution is -2.08. The smallest absolute Gasteiger partial charge is 0.143 e. The van der Waals surface area contributed by atoms with Gasteiger partial charge >= 0.3 is 0 Å². The van der Waals surface area contributed by atoms with Crippen LogP contribution in [-0.2, 0) is 0 Å². The Morgan fingerprint density at radius 1 is 1.22 bits per heavy atom. The zero-order valence-corrected chi connectivity index (χ0v) is 10.6. The van der Waals surface area contributed by atoms with E-state index in [0.29, 0.717) is 11.4 Å². The average Bonchev–Trinajstić information content (AvgIpc) is 2.42. The Balaban J connectivity index is 2.19.